The highest BCUT2D eigenvalue weighted by molar-refractivity contribution is 5.85. The van der Waals surface area contributed by atoms with Crippen LogP contribution in [0.1, 0.15) is 57.6 Å². The molecule has 2 heterocycles. The highest BCUT2D eigenvalue weighted by atomic mass is 16.5. The van der Waals surface area contributed by atoms with Crippen LogP contribution in [-0.4, -0.2) is 17.9 Å². The molecule has 3 aromatic rings. The third-order valence-corrected chi connectivity index (χ3v) is 5.69. The van der Waals surface area contributed by atoms with Crippen LogP contribution in [0.15, 0.2) is 66.9 Å². The van der Waals surface area contributed by atoms with Crippen LogP contribution in [0.3, 0.4) is 0 Å². The average Bonchev–Trinajstić information content (AvgIpc) is 3.08. The molecule has 4 heteroatoms. The van der Waals surface area contributed by atoms with Crippen molar-refractivity contribution < 1.29 is 4.74 Å². The maximum atomic E-state index is 6.29. The van der Waals surface area contributed by atoms with E-state index in [1.54, 1.807) is 0 Å². The molecule has 4 nitrogen and oxygen atoms in total. The Kier molecular flexibility index (Phi) is 5.78. The number of pyridine rings is 1. The number of anilines is 4. The van der Waals surface area contributed by atoms with Crippen LogP contribution in [0.25, 0.3) is 0 Å². The van der Waals surface area contributed by atoms with Crippen LogP contribution in [-0.2, 0) is 4.74 Å². The van der Waals surface area contributed by atoms with Crippen molar-refractivity contribution in [2.24, 2.45) is 0 Å². The van der Waals surface area contributed by atoms with Crippen LogP contribution in [0.5, 0.6) is 0 Å². The summed E-state index contributed by atoms with van der Waals surface area (Å²) in [4.78, 5) is 9.17. The molecule has 0 aliphatic carbocycles. The Morgan fingerprint density at radius 1 is 0.800 bits per heavy atom. The van der Waals surface area contributed by atoms with Crippen molar-refractivity contribution >= 4 is 22.9 Å². The number of rotatable bonds is 6. The van der Waals surface area contributed by atoms with Crippen LogP contribution in [0, 0.1) is 0 Å². The summed E-state index contributed by atoms with van der Waals surface area (Å²) in [5.74, 6) is 1.92. The molecule has 4 rings (SSSR count). The van der Waals surface area contributed by atoms with Gasteiger partial charge < -0.3 is 4.74 Å². The van der Waals surface area contributed by atoms with Crippen molar-refractivity contribution in [1.82, 2.24) is 4.98 Å². The smallest absolute Gasteiger partial charge is 0.220 e. The molecule has 0 amide bonds. The van der Waals surface area contributed by atoms with Gasteiger partial charge in [0, 0.05) is 24.2 Å². The monoisotopic (exact) mass is 401 g/mol. The summed E-state index contributed by atoms with van der Waals surface area (Å²) in [6, 6.07) is 21.6. The topological polar surface area (TPSA) is 28.6 Å². The van der Waals surface area contributed by atoms with Crippen molar-refractivity contribution in [2.75, 3.05) is 16.4 Å². The second kappa shape index (κ2) is 8.49. The molecule has 0 fully saturated rings. The van der Waals surface area contributed by atoms with Gasteiger partial charge in [-0.05, 0) is 66.3 Å². The standard InChI is InChI=1S/C26H31N3O/c1-6-30-26-28(22-13-9-20(10-14-22)18(2)3)24-8-7-17-27-25(24)29(26)23-15-11-21(12-16-23)19(4)5/h7-19,26H,6H2,1-5H3. The lowest BCUT2D eigenvalue weighted by Crippen LogP contribution is -2.40. The maximum Gasteiger partial charge on any atom is 0.220 e. The van der Waals surface area contributed by atoms with E-state index in [9.17, 15) is 0 Å². The molecule has 1 unspecified atom stereocenters. The number of hydrogen-bond acceptors (Lipinski definition) is 4. The van der Waals surface area contributed by atoms with Gasteiger partial charge in [0.05, 0.1) is 5.69 Å². The van der Waals surface area contributed by atoms with E-state index in [0.717, 1.165) is 22.9 Å². The third kappa shape index (κ3) is 3.68. The van der Waals surface area contributed by atoms with Gasteiger partial charge in [-0.25, -0.2) is 4.98 Å². The number of hydrogen-bond donors (Lipinski definition) is 0. The van der Waals surface area contributed by atoms with E-state index in [2.05, 4.69) is 92.1 Å². The fourth-order valence-corrected chi connectivity index (χ4v) is 3.96. The number of fused-ring (bicyclic) bond motifs is 1. The lowest BCUT2D eigenvalue weighted by molar-refractivity contribution is 0.0769. The van der Waals surface area contributed by atoms with Crippen molar-refractivity contribution in [1.29, 1.82) is 0 Å². The van der Waals surface area contributed by atoms with E-state index in [1.807, 2.05) is 19.2 Å². The van der Waals surface area contributed by atoms with Gasteiger partial charge in [-0.3, -0.25) is 9.80 Å². The quantitative estimate of drug-likeness (QED) is 0.447. The van der Waals surface area contributed by atoms with Crippen molar-refractivity contribution in [3.63, 3.8) is 0 Å². The zero-order valence-corrected chi connectivity index (χ0v) is 18.5. The first-order valence-electron chi connectivity index (χ1n) is 10.9. The number of ether oxygens (including phenoxy) is 1. The summed E-state index contributed by atoms with van der Waals surface area (Å²) in [5, 5.41) is 0. The Labute approximate surface area is 180 Å². The summed E-state index contributed by atoms with van der Waals surface area (Å²) in [7, 11) is 0. The Hall–Kier alpha value is -2.85. The molecule has 1 aromatic heterocycles. The minimum Gasteiger partial charge on any atom is -0.340 e. The molecule has 2 aromatic carbocycles. The molecule has 1 atom stereocenters. The zero-order chi connectivity index (χ0) is 21.3. The van der Waals surface area contributed by atoms with E-state index >= 15 is 0 Å². The molecule has 0 spiro atoms. The molecule has 156 valence electrons. The lowest BCUT2D eigenvalue weighted by Gasteiger charge is -2.32. The Morgan fingerprint density at radius 3 is 1.83 bits per heavy atom. The average molecular weight is 402 g/mol. The maximum absolute atomic E-state index is 6.29. The van der Waals surface area contributed by atoms with Gasteiger partial charge in [0.15, 0.2) is 5.82 Å². The van der Waals surface area contributed by atoms with E-state index in [0.29, 0.717) is 18.4 Å². The highest BCUT2D eigenvalue weighted by Crippen LogP contribution is 2.46. The number of aromatic nitrogens is 1. The molecule has 0 radical (unpaired) electrons. The van der Waals surface area contributed by atoms with E-state index in [-0.39, 0.29) is 6.35 Å². The summed E-state index contributed by atoms with van der Waals surface area (Å²) in [6.45, 7) is 11.5. The van der Waals surface area contributed by atoms with Gasteiger partial charge in [-0.1, -0.05) is 52.0 Å². The number of benzene rings is 2. The third-order valence-electron chi connectivity index (χ3n) is 5.69. The Morgan fingerprint density at radius 2 is 1.33 bits per heavy atom. The second-order valence-electron chi connectivity index (χ2n) is 8.36. The van der Waals surface area contributed by atoms with Crippen LogP contribution >= 0.6 is 0 Å². The molecular formula is C26H31N3O. The predicted octanol–water partition coefficient (Wildman–Crippen LogP) is 6.94. The van der Waals surface area contributed by atoms with Gasteiger partial charge >= 0.3 is 0 Å². The minimum atomic E-state index is -0.283. The summed E-state index contributed by atoms with van der Waals surface area (Å²) in [5.41, 5.74) is 5.90. The van der Waals surface area contributed by atoms with E-state index in [4.69, 9.17) is 9.72 Å². The first-order valence-corrected chi connectivity index (χ1v) is 10.9. The molecule has 1 aliphatic rings. The Bertz CT molecular complexity index is 901. The van der Waals surface area contributed by atoms with Gasteiger partial charge in [-0.2, -0.15) is 0 Å². The first kappa shape index (κ1) is 20.4. The van der Waals surface area contributed by atoms with Crippen LogP contribution < -0.4 is 9.80 Å². The van der Waals surface area contributed by atoms with Gasteiger partial charge in [0.2, 0.25) is 6.35 Å². The fourth-order valence-electron chi connectivity index (χ4n) is 3.96. The SMILES string of the molecule is CCOC1N(c2ccc(C(C)C)cc2)c2cccnc2N1c1ccc(C(C)C)cc1. The zero-order valence-electron chi connectivity index (χ0n) is 18.5. The summed E-state index contributed by atoms with van der Waals surface area (Å²) in [6.07, 6.45) is 1.57. The van der Waals surface area contributed by atoms with Gasteiger partial charge in [0.1, 0.15) is 0 Å². The van der Waals surface area contributed by atoms with Crippen molar-refractivity contribution in [3.8, 4) is 0 Å². The highest BCUT2D eigenvalue weighted by Gasteiger charge is 2.39. The van der Waals surface area contributed by atoms with E-state index in [1.165, 1.54) is 11.1 Å². The molecule has 30 heavy (non-hydrogen) atoms. The normalized spacial score (nSPS) is 15.9. The molecule has 0 bridgehead atoms. The summed E-state index contributed by atoms with van der Waals surface area (Å²) < 4.78 is 6.29. The first-order chi connectivity index (χ1) is 14.5. The molecule has 1 aliphatic heterocycles. The van der Waals surface area contributed by atoms with Crippen LogP contribution in [0.4, 0.5) is 22.9 Å². The van der Waals surface area contributed by atoms with E-state index < -0.39 is 0 Å². The van der Waals surface area contributed by atoms with Gasteiger partial charge in [0.25, 0.3) is 0 Å². The van der Waals surface area contributed by atoms with Crippen LogP contribution in [0.2, 0.25) is 0 Å². The summed E-state index contributed by atoms with van der Waals surface area (Å²) >= 11 is 0. The van der Waals surface area contributed by atoms with Crippen molar-refractivity contribution in [2.45, 2.75) is 52.8 Å². The van der Waals surface area contributed by atoms with Crippen molar-refractivity contribution in [3.05, 3.63) is 78.0 Å². The molecular weight excluding hydrogens is 370 g/mol. The van der Waals surface area contributed by atoms with Gasteiger partial charge in [-0.15, -0.1) is 0 Å². The predicted molar refractivity (Wildman–Crippen MR) is 125 cm³/mol. The number of nitrogens with zero attached hydrogens (tertiary/aromatic N) is 3. The molecule has 0 saturated carbocycles. The molecule has 0 N–H and O–H groups in total. The minimum absolute atomic E-state index is 0.283. The lowest BCUT2D eigenvalue weighted by atomic mass is 10.0. The largest absolute Gasteiger partial charge is 0.340 e. The second-order valence-corrected chi connectivity index (χ2v) is 8.36. The molecule has 0 saturated heterocycles. The Balaban J connectivity index is 1.79. The fraction of sp³-hybridized carbons (Fsp3) is 0.346.